The van der Waals surface area contributed by atoms with E-state index in [1.165, 1.54) is 4.68 Å². The van der Waals surface area contributed by atoms with Gasteiger partial charge in [-0.05, 0) is 29.8 Å². The number of aromatic nitrogens is 2. The average Bonchev–Trinajstić information content (AvgIpc) is 3.32. The fourth-order valence-electron chi connectivity index (χ4n) is 3.25. The third-order valence-electron chi connectivity index (χ3n) is 4.65. The van der Waals surface area contributed by atoms with Crippen LogP contribution in [-0.2, 0) is 0 Å². The fraction of sp³-hybridized carbons (Fsp3) is 0.100. The van der Waals surface area contributed by atoms with Crippen molar-refractivity contribution in [1.29, 1.82) is 0 Å². The van der Waals surface area contributed by atoms with Crippen LogP contribution in [0.25, 0.3) is 22.1 Å². The maximum atomic E-state index is 12.9. The van der Waals surface area contributed by atoms with Crippen LogP contribution in [0.3, 0.4) is 0 Å². The number of Topliss-reactive ketones (excluding diaryl/α,β-unsaturated/α-hetero) is 1. The van der Waals surface area contributed by atoms with Crippen molar-refractivity contribution in [3.8, 4) is 11.1 Å². The van der Waals surface area contributed by atoms with Crippen molar-refractivity contribution < 1.29 is 14.3 Å². The lowest BCUT2D eigenvalue weighted by Crippen LogP contribution is -2.32. The Balaban J connectivity index is 1.49. The van der Waals surface area contributed by atoms with Gasteiger partial charge >= 0.3 is 0 Å². The number of hydrogen-bond donors (Lipinski definition) is 1. The zero-order valence-electron chi connectivity index (χ0n) is 14.4. The van der Waals surface area contributed by atoms with Gasteiger partial charge in [0.05, 0.1) is 6.20 Å². The molecule has 2 aromatic heterocycles. The molecule has 4 aromatic rings. The summed E-state index contributed by atoms with van der Waals surface area (Å²) in [7, 11) is 0. The number of aliphatic hydroxyl groups is 1. The number of nitrogens with zero attached hydrogens (tertiary/aromatic N) is 4. The number of carbonyl (C=O) groups is 1. The second-order valence-electron chi connectivity index (χ2n) is 6.42. The molecule has 1 aliphatic heterocycles. The number of fused-ring (bicyclic) bond motifs is 2. The summed E-state index contributed by atoms with van der Waals surface area (Å²) in [5.41, 5.74) is 2.23. The molecule has 3 heterocycles. The Labute approximate surface area is 167 Å². The Bertz CT molecular complexity index is 1230. The summed E-state index contributed by atoms with van der Waals surface area (Å²) < 4.78 is 7.83. The number of carbonyl (C=O) groups excluding carboxylic acids is 1. The number of halogens is 1. The van der Waals surface area contributed by atoms with Gasteiger partial charge in [-0.25, -0.2) is 4.68 Å². The molecule has 2 atom stereocenters. The van der Waals surface area contributed by atoms with Crippen LogP contribution < -0.4 is 0 Å². The van der Waals surface area contributed by atoms with Crippen LogP contribution >= 0.6 is 15.9 Å². The molecule has 0 spiro atoms. The lowest BCUT2D eigenvalue weighted by atomic mass is 10.1. The van der Waals surface area contributed by atoms with Crippen LogP contribution in [0, 0.1) is 0 Å². The first-order valence-corrected chi connectivity index (χ1v) is 9.36. The first-order chi connectivity index (χ1) is 13.6. The van der Waals surface area contributed by atoms with Crippen LogP contribution in [0.4, 0.5) is 5.82 Å². The van der Waals surface area contributed by atoms with Gasteiger partial charge in [-0.3, -0.25) is 4.79 Å². The normalized spacial score (nSPS) is 18.4. The zero-order chi connectivity index (χ0) is 19.3. The summed E-state index contributed by atoms with van der Waals surface area (Å²) in [6.45, 7) is 0. The van der Waals surface area contributed by atoms with E-state index in [4.69, 9.17) is 4.42 Å². The molecule has 1 aliphatic rings. The summed E-state index contributed by atoms with van der Waals surface area (Å²) in [5, 5.41) is 24.0. The molecule has 0 amide bonds. The zero-order valence-corrected chi connectivity index (χ0v) is 15.9. The van der Waals surface area contributed by atoms with E-state index in [-0.39, 0.29) is 5.76 Å². The van der Waals surface area contributed by atoms with E-state index in [1.54, 1.807) is 18.3 Å². The average molecular weight is 437 g/mol. The van der Waals surface area contributed by atoms with Crippen molar-refractivity contribution in [2.45, 2.75) is 12.3 Å². The van der Waals surface area contributed by atoms with Gasteiger partial charge in [-0.2, -0.15) is 10.2 Å². The van der Waals surface area contributed by atoms with Crippen molar-refractivity contribution in [2.24, 2.45) is 10.2 Å². The van der Waals surface area contributed by atoms with Crippen molar-refractivity contribution in [1.82, 2.24) is 9.78 Å². The molecule has 138 valence electrons. The van der Waals surface area contributed by atoms with Crippen molar-refractivity contribution >= 4 is 38.5 Å². The minimum atomic E-state index is -1.27. The molecular weight excluding hydrogens is 424 g/mol. The molecule has 5 rings (SSSR count). The monoisotopic (exact) mass is 436 g/mol. The lowest BCUT2D eigenvalue weighted by molar-refractivity contribution is 0.0467. The van der Waals surface area contributed by atoms with E-state index >= 15 is 0 Å². The molecule has 7 nitrogen and oxygen atoms in total. The first-order valence-electron chi connectivity index (χ1n) is 8.57. The number of azo groups is 1. The molecular formula is C20H13BrN4O3. The van der Waals surface area contributed by atoms with Gasteiger partial charge in [-0.15, -0.1) is 5.11 Å². The third-order valence-corrected chi connectivity index (χ3v) is 5.15. The highest BCUT2D eigenvalue weighted by atomic mass is 79.9. The van der Waals surface area contributed by atoms with Gasteiger partial charge in [0.2, 0.25) is 5.78 Å². The van der Waals surface area contributed by atoms with Gasteiger partial charge in [0.1, 0.15) is 5.58 Å². The number of aliphatic hydroxyl groups excluding tert-OH is 1. The molecule has 0 fully saturated rings. The fourth-order valence-corrected chi connectivity index (χ4v) is 3.63. The predicted molar refractivity (Wildman–Crippen MR) is 105 cm³/mol. The maximum Gasteiger partial charge on any atom is 0.229 e. The maximum absolute atomic E-state index is 12.9. The van der Waals surface area contributed by atoms with Gasteiger partial charge in [0.25, 0.3) is 0 Å². The molecule has 0 saturated carbocycles. The van der Waals surface area contributed by atoms with E-state index in [0.717, 1.165) is 21.0 Å². The predicted octanol–water partition coefficient (Wildman–Crippen LogP) is 4.90. The SMILES string of the molecule is O=C(c1cc2cc(Br)ccc2o1)C1N=Nc2c(-c3ccccc3)cnn2C1O. The summed E-state index contributed by atoms with van der Waals surface area (Å²) >= 11 is 3.39. The Kier molecular flexibility index (Phi) is 3.96. The topological polar surface area (TPSA) is 93.0 Å². The molecule has 2 aromatic carbocycles. The van der Waals surface area contributed by atoms with E-state index in [1.807, 2.05) is 42.5 Å². The molecule has 0 bridgehead atoms. The van der Waals surface area contributed by atoms with Crippen LogP contribution in [-0.4, -0.2) is 26.7 Å². The van der Waals surface area contributed by atoms with Crippen LogP contribution in [0.2, 0.25) is 0 Å². The summed E-state index contributed by atoms with van der Waals surface area (Å²) in [6.07, 6.45) is 0.343. The summed E-state index contributed by atoms with van der Waals surface area (Å²) in [4.78, 5) is 12.9. The first kappa shape index (κ1) is 17.0. The molecule has 0 aliphatic carbocycles. The Morgan fingerprint density at radius 3 is 2.79 bits per heavy atom. The van der Waals surface area contributed by atoms with Crippen molar-refractivity contribution in [2.75, 3.05) is 0 Å². The van der Waals surface area contributed by atoms with E-state index in [9.17, 15) is 9.90 Å². The number of benzene rings is 2. The minimum Gasteiger partial charge on any atom is -0.453 e. The Hall–Kier alpha value is -3.10. The van der Waals surface area contributed by atoms with Gasteiger partial charge in [0, 0.05) is 15.4 Å². The van der Waals surface area contributed by atoms with Gasteiger partial charge in [0.15, 0.2) is 23.8 Å². The standard InChI is InChI=1S/C20H13BrN4O3/c21-13-6-7-15-12(8-13)9-16(28-15)18(26)17-20(27)25-19(24-23-17)14(10-22-25)11-4-2-1-3-5-11/h1-10,17,20,27H. The van der Waals surface area contributed by atoms with E-state index in [2.05, 4.69) is 31.3 Å². The third kappa shape index (κ3) is 2.69. The molecule has 0 radical (unpaired) electrons. The highest BCUT2D eigenvalue weighted by molar-refractivity contribution is 9.10. The van der Waals surface area contributed by atoms with E-state index in [0.29, 0.717) is 11.4 Å². The van der Waals surface area contributed by atoms with Crippen LogP contribution in [0.1, 0.15) is 16.8 Å². The van der Waals surface area contributed by atoms with Crippen molar-refractivity contribution in [3.05, 3.63) is 71.0 Å². The van der Waals surface area contributed by atoms with Crippen LogP contribution in [0.5, 0.6) is 0 Å². The van der Waals surface area contributed by atoms with Crippen LogP contribution in [0.15, 0.2) is 79.9 Å². The number of hydrogen-bond acceptors (Lipinski definition) is 6. The molecule has 2 unspecified atom stereocenters. The largest absolute Gasteiger partial charge is 0.453 e. The molecule has 8 heteroatoms. The number of ketones is 1. The lowest BCUT2D eigenvalue weighted by Gasteiger charge is -2.21. The summed E-state index contributed by atoms with van der Waals surface area (Å²) in [6, 6.07) is 15.5. The summed E-state index contributed by atoms with van der Waals surface area (Å²) in [5.74, 6) is 0.0808. The second kappa shape index (κ2) is 6.50. The quantitative estimate of drug-likeness (QED) is 0.462. The van der Waals surface area contributed by atoms with Gasteiger partial charge < -0.3 is 9.52 Å². The van der Waals surface area contributed by atoms with Gasteiger partial charge in [-0.1, -0.05) is 46.3 Å². The van der Waals surface area contributed by atoms with Crippen molar-refractivity contribution in [3.63, 3.8) is 0 Å². The Morgan fingerprint density at radius 2 is 1.96 bits per heavy atom. The number of rotatable bonds is 3. The Morgan fingerprint density at radius 1 is 1.14 bits per heavy atom. The highest BCUT2D eigenvalue weighted by Gasteiger charge is 2.36. The highest BCUT2D eigenvalue weighted by Crippen LogP contribution is 2.37. The molecule has 0 saturated heterocycles. The van der Waals surface area contributed by atoms with E-state index < -0.39 is 18.1 Å². The smallest absolute Gasteiger partial charge is 0.229 e. The minimum absolute atomic E-state index is 0.120. The second-order valence-corrected chi connectivity index (χ2v) is 7.34. The molecule has 28 heavy (non-hydrogen) atoms. The number of furan rings is 1. The molecule has 1 N–H and O–H groups in total.